The molecule has 0 aromatic rings. The molecule has 0 atom stereocenters. The molecule has 0 bridgehead atoms. The molecule has 0 spiro atoms. The number of rotatable bonds is 2. The Bertz CT molecular complexity index is 159. The lowest BCUT2D eigenvalue weighted by Gasteiger charge is -1.97. The van der Waals surface area contributed by atoms with Crippen LogP contribution in [-0.2, 0) is 9.59 Å². The molecule has 0 radical (unpaired) electrons. The quantitative estimate of drug-likeness (QED) is 0.593. The van der Waals surface area contributed by atoms with E-state index in [1.807, 2.05) is 13.0 Å². The molecular formula is C10H16O2. The fourth-order valence-corrected chi connectivity index (χ4v) is 0.810. The Morgan fingerprint density at radius 2 is 2.33 bits per heavy atom. The molecule has 0 amide bonds. The minimum atomic E-state index is 0.284. The predicted molar refractivity (Wildman–Crippen MR) is 49.0 cm³/mol. The Kier molecular flexibility index (Phi) is 7.55. The molecular weight excluding hydrogens is 152 g/mol. The molecule has 0 aliphatic heterocycles. The highest BCUT2D eigenvalue weighted by molar-refractivity contribution is 5.90. The van der Waals surface area contributed by atoms with E-state index in [1.165, 1.54) is 0 Å². The van der Waals surface area contributed by atoms with Gasteiger partial charge in [0.1, 0.15) is 6.29 Å². The van der Waals surface area contributed by atoms with Gasteiger partial charge in [0, 0.05) is 12.8 Å². The highest BCUT2D eigenvalue weighted by Gasteiger charge is 1.98. The van der Waals surface area contributed by atoms with Crippen molar-refractivity contribution in [3.8, 4) is 0 Å². The Labute approximate surface area is 73.7 Å². The maximum Gasteiger partial charge on any atom is 0.155 e. The molecule has 2 heteroatoms. The molecule has 0 saturated heterocycles. The summed E-state index contributed by atoms with van der Waals surface area (Å²) in [4.78, 5) is 19.8. The van der Waals surface area contributed by atoms with Crippen LogP contribution in [0.5, 0.6) is 0 Å². The first-order valence-corrected chi connectivity index (χ1v) is 4.44. The zero-order valence-electron chi connectivity index (χ0n) is 7.58. The van der Waals surface area contributed by atoms with E-state index in [-0.39, 0.29) is 5.78 Å². The third-order valence-corrected chi connectivity index (χ3v) is 1.50. The molecule has 0 aromatic heterocycles. The Morgan fingerprint density at radius 3 is 2.50 bits per heavy atom. The van der Waals surface area contributed by atoms with Gasteiger partial charge in [0.2, 0.25) is 0 Å². The van der Waals surface area contributed by atoms with E-state index in [0.717, 1.165) is 32.0 Å². The number of aldehydes is 1. The van der Waals surface area contributed by atoms with Gasteiger partial charge < -0.3 is 4.79 Å². The average molecular weight is 168 g/mol. The van der Waals surface area contributed by atoms with Gasteiger partial charge in [-0.1, -0.05) is 13.0 Å². The van der Waals surface area contributed by atoms with E-state index in [9.17, 15) is 9.59 Å². The highest BCUT2D eigenvalue weighted by atomic mass is 16.1. The van der Waals surface area contributed by atoms with E-state index in [4.69, 9.17) is 0 Å². The molecule has 0 N–H and O–H groups in total. The lowest BCUT2D eigenvalue weighted by Crippen LogP contribution is -1.95. The Morgan fingerprint density at radius 1 is 1.58 bits per heavy atom. The first-order chi connectivity index (χ1) is 5.81. The van der Waals surface area contributed by atoms with Crippen molar-refractivity contribution in [2.75, 3.05) is 0 Å². The smallest absolute Gasteiger partial charge is 0.155 e. The summed E-state index contributed by atoms with van der Waals surface area (Å²) in [6.45, 7) is 1.98. The van der Waals surface area contributed by atoms with Gasteiger partial charge in [0.05, 0.1) is 0 Å². The van der Waals surface area contributed by atoms with Crippen LogP contribution in [0.2, 0.25) is 0 Å². The second kappa shape index (κ2) is 8.18. The first kappa shape index (κ1) is 11.1. The van der Waals surface area contributed by atoms with Gasteiger partial charge in [-0.3, -0.25) is 4.79 Å². The predicted octanol–water partition coefficient (Wildman–Crippen LogP) is 2.28. The average Bonchev–Trinajstić information content (AvgIpc) is 2.08. The fraction of sp³-hybridized carbons (Fsp3) is 0.600. The van der Waals surface area contributed by atoms with Crippen molar-refractivity contribution in [2.45, 2.75) is 39.0 Å². The minimum absolute atomic E-state index is 0.284. The Hall–Kier alpha value is -0.920. The molecule has 1 aliphatic carbocycles. The monoisotopic (exact) mass is 168 g/mol. The SMILES string of the molecule is CCCC=O.O=C1C=CCCC1. The summed E-state index contributed by atoms with van der Waals surface area (Å²) in [5.41, 5.74) is 0. The summed E-state index contributed by atoms with van der Waals surface area (Å²) in [5, 5.41) is 0. The van der Waals surface area contributed by atoms with Gasteiger partial charge >= 0.3 is 0 Å². The zero-order valence-corrected chi connectivity index (χ0v) is 7.58. The van der Waals surface area contributed by atoms with Gasteiger partial charge in [0.25, 0.3) is 0 Å². The largest absolute Gasteiger partial charge is 0.303 e. The second-order valence-corrected chi connectivity index (χ2v) is 2.72. The number of unbranched alkanes of at least 4 members (excludes halogenated alkanes) is 1. The molecule has 2 nitrogen and oxygen atoms in total. The number of ketones is 1. The number of carbonyl (C=O) groups excluding carboxylic acids is 2. The van der Waals surface area contributed by atoms with Crippen LogP contribution in [-0.4, -0.2) is 12.1 Å². The molecule has 68 valence electrons. The van der Waals surface area contributed by atoms with E-state index < -0.39 is 0 Å². The van der Waals surface area contributed by atoms with Crippen LogP contribution in [0.4, 0.5) is 0 Å². The molecule has 1 rings (SSSR count). The molecule has 0 fully saturated rings. The van der Waals surface area contributed by atoms with Crippen molar-refractivity contribution in [1.29, 1.82) is 0 Å². The zero-order chi connectivity index (χ0) is 9.23. The maximum absolute atomic E-state index is 10.4. The Balaban J connectivity index is 0.000000217. The molecule has 1 aliphatic rings. The van der Waals surface area contributed by atoms with Crippen molar-refractivity contribution >= 4 is 12.1 Å². The molecule has 0 heterocycles. The number of hydrogen-bond acceptors (Lipinski definition) is 2. The summed E-state index contributed by atoms with van der Waals surface area (Å²) >= 11 is 0. The van der Waals surface area contributed by atoms with Crippen LogP contribution in [0.25, 0.3) is 0 Å². The van der Waals surface area contributed by atoms with E-state index in [1.54, 1.807) is 6.08 Å². The van der Waals surface area contributed by atoms with E-state index in [0.29, 0.717) is 6.42 Å². The summed E-state index contributed by atoms with van der Waals surface area (Å²) in [6.07, 6.45) is 9.12. The lowest BCUT2D eigenvalue weighted by molar-refractivity contribution is -0.115. The number of hydrogen-bond donors (Lipinski definition) is 0. The minimum Gasteiger partial charge on any atom is -0.303 e. The lowest BCUT2D eigenvalue weighted by atomic mass is 10.1. The molecule has 0 unspecified atom stereocenters. The van der Waals surface area contributed by atoms with Gasteiger partial charge in [-0.25, -0.2) is 0 Å². The first-order valence-electron chi connectivity index (χ1n) is 4.44. The van der Waals surface area contributed by atoms with Gasteiger partial charge in [-0.05, 0) is 25.3 Å². The number of carbonyl (C=O) groups is 2. The van der Waals surface area contributed by atoms with Crippen molar-refractivity contribution in [3.05, 3.63) is 12.2 Å². The van der Waals surface area contributed by atoms with Crippen molar-refractivity contribution in [1.82, 2.24) is 0 Å². The van der Waals surface area contributed by atoms with E-state index in [2.05, 4.69) is 0 Å². The van der Waals surface area contributed by atoms with Crippen LogP contribution in [0.3, 0.4) is 0 Å². The van der Waals surface area contributed by atoms with Crippen LogP contribution in [0, 0.1) is 0 Å². The summed E-state index contributed by atoms with van der Waals surface area (Å²) in [5.74, 6) is 0.284. The van der Waals surface area contributed by atoms with Crippen molar-refractivity contribution < 1.29 is 9.59 Å². The molecule has 0 saturated carbocycles. The van der Waals surface area contributed by atoms with Crippen LogP contribution < -0.4 is 0 Å². The van der Waals surface area contributed by atoms with Crippen molar-refractivity contribution in [2.24, 2.45) is 0 Å². The highest BCUT2D eigenvalue weighted by Crippen LogP contribution is 2.04. The third kappa shape index (κ3) is 7.19. The topological polar surface area (TPSA) is 34.1 Å². The second-order valence-electron chi connectivity index (χ2n) is 2.72. The normalized spacial score (nSPS) is 14.9. The maximum atomic E-state index is 10.4. The standard InChI is InChI=1S/C6H8O.C4H8O/c7-6-4-2-1-3-5-6;1-2-3-4-5/h2,4H,1,3,5H2;4H,2-3H2,1H3. The fourth-order valence-electron chi connectivity index (χ4n) is 0.810. The van der Waals surface area contributed by atoms with Crippen LogP contribution in [0.15, 0.2) is 12.2 Å². The van der Waals surface area contributed by atoms with Crippen LogP contribution >= 0.6 is 0 Å². The van der Waals surface area contributed by atoms with Gasteiger partial charge in [-0.2, -0.15) is 0 Å². The van der Waals surface area contributed by atoms with Gasteiger partial charge in [0.15, 0.2) is 5.78 Å². The van der Waals surface area contributed by atoms with Crippen molar-refractivity contribution in [3.63, 3.8) is 0 Å². The van der Waals surface area contributed by atoms with E-state index >= 15 is 0 Å². The molecule has 12 heavy (non-hydrogen) atoms. The van der Waals surface area contributed by atoms with Gasteiger partial charge in [-0.15, -0.1) is 0 Å². The molecule has 0 aromatic carbocycles. The summed E-state index contributed by atoms with van der Waals surface area (Å²) < 4.78 is 0. The summed E-state index contributed by atoms with van der Waals surface area (Å²) in [7, 11) is 0. The van der Waals surface area contributed by atoms with Crippen LogP contribution in [0.1, 0.15) is 39.0 Å². The third-order valence-electron chi connectivity index (χ3n) is 1.50. The summed E-state index contributed by atoms with van der Waals surface area (Å²) in [6, 6.07) is 0. The number of allylic oxidation sites excluding steroid dienone is 2.